The molecule has 4 rings (SSSR count). The highest BCUT2D eigenvalue weighted by Gasteiger charge is 2.40. The number of likely N-dealkylation sites (tertiary alicyclic amines) is 1. The van der Waals surface area contributed by atoms with Gasteiger partial charge in [0.15, 0.2) is 5.82 Å². The van der Waals surface area contributed by atoms with Crippen LogP contribution in [0.4, 0.5) is 19.0 Å². The van der Waals surface area contributed by atoms with Crippen molar-refractivity contribution in [2.24, 2.45) is 11.8 Å². The summed E-state index contributed by atoms with van der Waals surface area (Å²) < 4.78 is 37.8. The minimum absolute atomic E-state index is 0.00643. The van der Waals surface area contributed by atoms with E-state index < -0.39 is 12.1 Å². The van der Waals surface area contributed by atoms with Crippen LogP contribution in [0.15, 0.2) is 18.6 Å². The van der Waals surface area contributed by atoms with Crippen molar-refractivity contribution in [1.82, 2.24) is 14.9 Å². The predicted molar refractivity (Wildman–Crippen MR) is 104 cm³/mol. The van der Waals surface area contributed by atoms with Crippen molar-refractivity contribution < 1.29 is 32.6 Å². The molecule has 0 radical (unpaired) electrons. The van der Waals surface area contributed by atoms with Crippen molar-refractivity contribution >= 4 is 17.7 Å². The maximum absolute atomic E-state index is 12.5. The molecule has 3 fully saturated rings. The molecule has 2 saturated heterocycles. The summed E-state index contributed by atoms with van der Waals surface area (Å²) in [4.78, 5) is 32.2. The van der Waals surface area contributed by atoms with E-state index in [4.69, 9.17) is 14.6 Å². The average Bonchev–Trinajstić information content (AvgIpc) is 3.28. The lowest BCUT2D eigenvalue weighted by molar-refractivity contribution is -0.192. The highest BCUT2D eigenvalue weighted by Crippen LogP contribution is 2.35. The number of aromatic nitrogens is 2. The summed E-state index contributed by atoms with van der Waals surface area (Å²) in [6.07, 6.45) is 7.47. The highest BCUT2D eigenvalue weighted by molar-refractivity contribution is 5.91. The average molecular weight is 444 g/mol. The van der Waals surface area contributed by atoms with Gasteiger partial charge in [-0.1, -0.05) is 12.8 Å². The van der Waals surface area contributed by atoms with Crippen molar-refractivity contribution in [3.8, 4) is 0 Å². The lowest BCUT2D eigenvalue weighted by atomic mass is 9.82. The molecular weight excluding hydrogens is 417 g/mol. The van der Waals surface area contributed by atoms with Crippen LogP contribution < -0.4 is 5.32 Å². The lowest BCUT2D eigenvalue weighted by Gasteiger charge is -2.45. The van der Waals surface area contributed by atoms with E-state index >= 15 is 0 Å². The smallest absolute Gasteiger partial charge is 0.475 e. The molecule has 1 amide bonds. The van der Waals surface area contributed by atoms with Crippen LogP contribution in [0.5, 0.6) is 0 Å². The lowest BCUT2D eigenvalue weighted by Crippen LogP contribution is -2.52. The van der Waals surface area contributed by atoms with Crippen molar-refractivity contribution in [3.05, 3.63) is 18.6 Å². The molecule has 3 heterocycles. The van der Waals surface area contributed by atoms with Gasteiger partial charge in [-0.25, -0.2) is 9.78 Å². The number of nitrogens with zero attached hydrogens (tertiary/aromatic N) is 3. The van der Waals surface area contributed by atoms with Gasteiger partial charge in [0, 0.05) is 31.5 Å². The quantitative estimate of drug-likeness (QED) is 0.739. The van der Waals surface area contributed by atoms with E-state index in [1.54, 1.807) is 18.6 Å². The van der Waals surface area contributed by atoms with E-state index in [1.807, 2.05) is 0 Å². The highest BCUT2D eigenvalue weighted by atomic mass is 19.4. The van der Waals surface area contributed by atoms with Gasteiger partial charge in [0.05, 0.1) is 24.8 Å². The van der Waals surface area contributed by atoms with Gasteiger partial charge in [-0.2, -0.15) is 13.2 Å². The molecule has 0 spiro atoms. The first-order valence-electron chi connectivity index (χ1n) is 10.5. The summed E-state index contributed by atoms with van der Waals surface area (Å²) >= 11 is 0. The van der Waals surface area contributed by atoms with Crippen LogP contribution in [0, 0.1) is 11.8 Å². The molecule has 0 bridgehead atoms. The summed E-state index contributed by atoms with van der Waals surface area (Å²) in [5.74, 6) is -1.84. The summed E-state index contributed by atoms with van der Waals surface area (Å²) in [5, 5.41) is 9.99. The Kier molecular flexibility index (Phi) is 7.82. The monoisotopic (exact) mass is 444 g/mol. The number of hydrogen-bond acceptors (Lipinski definition) is 6. The first kappa shape index (κ1) is 23.4. The third kappa shape index (κ3) is 6.60. The van der Waals surface area contributed by atoms with Crippen molar-refractivity contribution in [2.45, 2.75) is 56.8 Å². The van der Waals surface area contributed by atoms with Gasteiger partial charge in [0.1, 0.15) is 0 Å². The number of fused-ring (bicyclic) bond motifs is 1. The number of ether oxygens (including phenoxy) is 1. The van der Waals surface area contributed by atoms with Crippen molar-refractivity contribution in [2.75, 3.05) is 25.0 Å². The number of carbonyl (C=O) groups is 2. The number of amides is 1. The largest absolute Gasteiger partial charge is 0.490 e. The van der Waals surface area contributed by atoms with Crippen LogP contribution in [-0.2, 0) is 14.3 Å². The molecule has 0 aromatic carbocycles. The molecule has 8 nitrogen and oxygen atoms in total. The first-order chi connectivity index (χ1) is 14.7. The van der Waals surface area contributed by atoms with E-state index in [1.165, 1.54) is 25.7 Å². The number of carboxylic acid groups (broad SMARTS) is 1. The maximum Gasteiger partial charge on any atom is 0.490 e. The van der Waals surface area contributed by atoms with Gasteiger partial charge in [0.25, 0.3) is 0 Å². The molecule has 2 aliphatic heterocycles. The number of alkyl halides is 3. The molecule has 11 heteroatoms. The number of rotatable bonds is 3. The number of piperidine rings is 1. The molecule has 172 valence electrons. The number of anilines is 1. The van der Waals surface area contributed by atoms with Crippen LogP contribution >= 0.6 is 0 Å². The maximum atomic E-state index is 12.5. The van der Waals surface area contributed by atoms with Crippen molar-refractivity contribution in [1.29, 1.82) is 0 Å². The van der Waals surface area contributed by atoms with Gasteiger partial charge in [-0.3, -0.25) is 14.7 Å². The van der Waals surface area contributed by atoms with E-state index in [-0.39, 0.29) is 11.8 Å². The Morgan fingerprint density at radius 1 is 1.19 bits per heavy atom. The molecule has 1 aliphatic carbocycles. The molecule has 3 atom stereocenters. The molecule has 1 saturated carbocycles. The molecule has 31 heavy (non-hydrogen) atoms. The SMILES string of the molecule is O=C(Nc1cnccn1)[C@H]1CO[C@H]2CCN(C3CCCC3)C[C@H]2C1.O=C(O)C(F)(F)F. The second-order valence-electron chi connectivity index (χ2n) is 8.17. The van der Waals surface area contributed by atoms with E-state index in [2.05, 4.69) is 20.2 Å². The first-order valence-corrected chi connectivity index (χ1v) is 10.5. The second kappa shape index (κ2) is 10.4. The standard InChI is InChI=1S/C18H26N4O2.C2HF3O2/c23-18(21-17-10-19-6-7-20-17)14-9-13-11-22(15-3-1-2-4-15)8-5-16(13)24-12-14;3-2(4,5)1(6)7/h6-7,10,13-16H,1-5,8-9,11-12H2,(H,20,21,23);(H,6,7)/t13-,14-,16+;/m1./s1. The Hall–Kier alpha value is -2.27. The Morgan fingerprint density at radius 3 is 2.52 bits per heavy atom. The van der Waals surface area contributed by atoms with Gasteiger partial charge in [-0.15, -0.1) is 0 Å². The summed E-state index contributed by atoms with van der Waals surface area (Å²) in [6.45, 7) is 2.77. The van der Waals surface area contributed by atoms with Crippen molar-refractivity contribution in [3.63, 3.8) is 0 Å². The fraction of sp³-hybridized carbons (Fsp3) is 0.700. The number of carbonyl (C=O) groups excluding carboxylic acids is 1. The zero-order chi connectivity index (χ0) is 22.4. The minimum atomic E-state index is -5.08. The fourth-order valence-corrected chi connectivity index (χ4v) is 4.53. The fourth-order valence-electron chi connectivity index (χ4n) is 4.53. The Bertz CT molecular complexity index is 744. The normalized spacial score (nSPS) is 27.0. The van der Waals surface area contributed by atoms with Crippen LogP contribution in [0.2, 0.25) is 0 Å². The number of carboxylic acids is 1. The van der Waals surface area contributed by atoms with E-state index in [9.17, 15) is 18.0 Å². The summed E-state index contributed by atoms with van der Waals surface area (Å²) in [6, 6.07) is 0.764. The Balaban J connectivity index is 0.000000339. The molecule has 3 aliphatic rings. The van der Waals surface area contributed by atoms with E-state index in [0.717, 1.165) is 32.0 Å². The number of nitrogens with one attached hydrogen (secondary N) is 1. The molecule has 1 aromatic heterocycles. The van der Waals surface area contributed by atoms with Crippen LogP contribution in [0.1, 0.15) is 38.5 Å². The molecule has 1 aromatic rings. The predicted octanol–water partition coefficient (Wildman–Crippen LogP) is 2.72. The van der Waals surface area contributed by atoms with Crippen LogP contribution in [-0.4, -0.2) is 69.9 Å². The number of aliphatic carboxylic acids is 1. The zero-order valence-corrected chi connectivity index (χ0v) is 17.1. The van der Waals surface area contributed by atoms with Gasteiger partial charge < -0.3 is 15.2 Å². The van der Waals surface area contributed by atoms with Crippen LogP contribution in [0.25, 0.3) is 0 Å². The Morgan fingerprint density at radius 2 is 1.90 bits per heavy atom. The third-order valence-electron chi connectivity index (χ3n) is 6.06. The molecule has 0 unspecified atom stereocenters. The zero-order valence-electron chi connectivity index (χ0n) is 17.1. The summed E-state index contributed by atoms with van der Waals surface area (Å²) in [5.41, 5.74) is 0. The number of halogens is 3. The molecular formula is C20H27F3N4O4. The Labute approximate surface area is 178 Å². The van der Waals surface area contributed by atoms with Gasteiger partial charge in [-0.05, 0) is 31.6 Å². The van der Waals surface area contributed by atoms with Crippen LogP contribution in [0.3, 0.4) is 0 Å². The van der Waals surface area contributed by atoms with Gasteiger partial charge in [0.2, 0.25) is 5.91 Å². The topological polar surface area (TPSA) is 105 Å². The third-order valence-corrected chi connectivity index (χ3v) is 6.06. The van der Waals surface area contributed by atoms with E-state index in [0.29, 0.717) is 24.4 Å². The number of hydrogen-bond donors (Lipinski definition) is 2. The second-order valence-corrected chi connectivity index (χ2v) is 8.17. The minimum Gasteiger partial charge on any atom is -0.475 e. The van der Waals surface area contributed by atoms with Gasteiger partial charge >= 0.3 is 12.1 Å². The summed E-state index contributed by atoms with van der Waals surface area (Å²) in [7, 11) is 0. The molecule has 2 N–H and O–H groups in total.